The fourth-order valence-electron chi connectivity index (χ4n) is 5.08. The smallest absolute Gasteiger partial charge is 0.217 e. The van der Waals surface area contributed by atoms with E-state index in [1.54, 1.807) is 26.2 Å². The third kappa shape index (κ3) is 5.07. The number of methoxy groups -OCH3 is 1. The van der Waals surface area contributed by atoms with Crippen molar-refractivity contribution in [2.75, 3.05) is 20.2 Å². The van der Waals surface area contributed by atoms with Crippen LogP contribution in [0.3, 0.4) is 0 Å². The predicted molar refractivity (Wildman–Crippen MR) is 122 cm³/mol. The van der Waals surface area contributed by atoms with Crippen molar-refractivity contribution in [3.8, 4) is 11.5 Å². The molecule has 5 nitrogen and oxygen atoms in total. The first-order valence-corrected chi connectivity index (χ1v) is 11.6. The molecule has 1 aliphatic heterocycles. The number of benzene rings is 2. The molecule has 1 saturated carbocycles. The van der Waals surface area contributed by atoms with Gasteiger partial charge in [-0.1, -0.05) is 24.3 Å². The molecule has 1 N–H and O–H groups in total. The molecule has 1 aliphatic carbocycles. The topological polar surface area (TPSA) is 50.8 Å². The largest absolute Gasteiger partial charge is 0.493 e. The van der Waals surface area contributed by atoms with Gasteiger partial charge in [0.25, 0.3) is 0 Å². The maximum atomic E-state index is 13.5. The predicted octanol–water partition coefficient (Wildman–Crippen LogP) is 4.78. The first kappa shape index (κ1) is 22.6. The highest BCUT2D eigenvalue weighted by Gasteiger charge is 2.37. The quantitative estimate of drug-likeness (QED) is 0.673. The summed E-state index contributed by atoms with van der Waals surface area (Å²) in [6.45, 7) is 3.94. The van der Waals surface area contributed by atoms with Gasteiger partial charge >= 0.3 is 0 Å². The lowest BCUT2D eigenvalue weighted by Gasteiger charge is -2.43. The molecular formula is C26H33FN2O3. The molecule has 2 fully saturated rings. The fourth-order valence-corrected chi connectivity index (χ4v) is 5.08. The molecule has 0 unspecified atom stereocenters. The molecule has 2 aromatic rings. The molecule has 1 saturated heterocycles. The third-order valence-corrected chi connectivity index (χ3v) is 6.78. The number of ether oxygens (including phenoxy) is 2. The number of carbonyl (C=O) groups excluding carboxylic acids is 1. The first-order chi connectivity index (χ1) is 15.5. The van der Waals surface area contributed by atoms with Crippen LogP contribution in [0, 0.1) is 5.82 Å². The van der Waals surface area contributed by atoms with E-state index in [1.165, 1.54) is 25.0 Å². The van der Waals surface area contributed by atoms with Crippen molar-refractivity contribution < 1.29 is 18.7 Å². The van der Waals surface area contributed by atoms with Gasteiger partial charge in [0.2, 0.25) is 5.91 Å². The first-order valence-electron chi connectivity index (χ1n) is 11.6. The number of nitrogens with one attached hydrogen (secondary N) is 1. The zero-order valence-electron chi connectivity index (χ0n) is 19.0. The summed E-state index contributed by atoms with van der Waals surface area (Å²) in [4.78, 5) is 14.4. The summed E-state index contributed by atoms with van der Waals surface area (Å²) in [7, 11) is 1.69. The highest BCUT2D eigenvalue weighted by atomic mass is 19.1. The number of para-hydroxylation sites is 1. The molecule has 0 radical (unpaired) electrons. The highest BCUT2D eigenvalue weighted by molar-refractivity contribution is 5.74. The van der Waals surface area contributed by atoms with Crippen LogP contribution in [-0.4, -0.2) is 37.1 Å². The van der Waals surface area contributed by atoms with Crippen LogP contribution in [0.25, 0.3) is 0 Å². The Balaban J connectivity index is 1.49. The Morgan fingerprint density at radius 3 is 2.44 bits per heavy atom. The second kappa shape index (κ2) is 9.90. The molecule has 0 bridgehead atoms. The Morgan fingerprint density at radius 2 is 1.81 bits per heavy atom. The summed E-state index contributed by atoms with van der Waals surface area (Å²) in [5.74, 6) is 1.31. The van der Waals surface area contributed by atoms with Crippen LogP contribution in [0.5, 0.6) is 11.5 Å². The van der Waals surface area contributed by atoms with E-state index in [4.69, 9.17) is 9.47 Å². The minimum atomic E-state index is -0.465. The van der Waals surface area contributed by atoms with E-state index in [2.05, 4.69) is 16.3 Å². The standard InChI is InChI=1S/C26H33FN2O3/c1-19(30)28-26(21-10-12-22(27)13-11-21)14-16-29(17-15-26)18-20-6-5-9-24(31-2)25(20)32-23-7-3-4-8-23/h5-6,9-13,23H,3-4,7-8,14-18H2,1-2H3,(H,28,30). The van der Waals surface area contributed by atoms with Crippen LogP contribution in [0.2, 0.25) is 0 Å². The van der Waals surface area contributed by atoms with Gasteiger partial charge in [0.1, 0.15) is 5.82 Å². The number of nitrogens with zero attached hydrogens (tertiary/aromatic N) is 1. The minimum absolute atomic E-state index is 0.0668. The van der Waals surface area contributed by atoms with Gasteiger partial charge in [0.15, 0.2) is 11.5 Å². The number of carbonyl (C=O) groups is 1. The van der Waals surface area contributed by atoms with Crippen molar-refractivity contribution in [1.29, 1.82) is 0 Å². The number of hydrogen-bond acceptors (Lipinski definition) is 4. The molecule has 2 aromatic carbocycles. The van der Waals surface area contributed by atoms with E-state index in [-0.39, 0.29) is 17.8 Å². The molecule has 1 amide bonds. The molecule has 1 heterocycles. The van der Waals surface area contributed by atoms with Crippen molar-refractivity contribution in [1.82, 2.24) is 10.2 Å². The Kier molecular flexibility index (Phi) is 6.99. The van der Waals surface area contributed by atoms with Crippen LogP contribution in [-0.2, 0) is 16.9 Å². The third-order valence-electron chi connectivity index (χ3n) is 6.78. The number of rotatable bonds is 7. The number of halogens is 1. The van der Waals surface area contributed by atoms with E-state index >= 15 is 0 Å². The zero-order valence-corrected chi connectivity index (χ0v) is 19.0. The molecule has 32 heavy (non-hydrogen) atoms. The number of amides is 1. The second-order valence-electron chi connectivity index (χ2n) is 9.02. The molecule has 0 spiro atoms. The summed E-state index contributed by atoms with van der Waals surface area (Å²) in [5, 5.41) is 3.16. The van der Waals surface area contributed by atoms with Gasteiger partial charge in [-0.3, -0.25) is 9.69 Å². The molecule has 6 heteroatoms. The lowest BCUT2D eigenvalue weighted by molar-refractivity contribution is -0.121. The maximum absolute atomic E-state index is 13.5. The Labute approximate surface area is 189 Å². The number of hydrogen-bond donors (Lipinski definition) is 1. The van der Waals surface area contributed by atoms with Crippen LogP contribution in [0.4, 0.5) is 4.39 Å². The van der Waals surface area contributed by atoms with Gasteiger partial charge in [-0.2, -0.15) is 0 Å². The molecular weight excluding hydrogens is 407 g/mol. The van der Waals surface area contributed by atoms with Gasteiger partial charge < -0.3 is 14.8 Å². The van der Waals surface area contributed by atoms with Crippen LogP contribution < -0.4 is 14.8 Å². The van der Waals surface area contributed by atoms with E-state index in [9.17, 15) is 9.18 Å². The number of likely N-dealkylation sites (tertiary alicyclic amines) is 1. The van der Waals surface area contributed by atoms with E-state index in [0.717, 1.165) is 67.9 Å². The molecule has 2 aliphatic rings. The average molecular weight is 441 g/mol. The van der Waals surface area contributed by atoms with Gasteiger partial charge in [-0.05, 0) is 62.3 Å². The Hall–Kier alpha value is -2.60. The zero-order chi connectivity index (χ0) is 22.6. The molecule has 4 rings (SSSR count). The van der Waals surface area contributed by atoms with Gasteiger partial charge in [0, 0.05) is 32.1 Å². The summed E-state index contributed by atoms with van der Waals surface area (Å²) >= 11 is 0. The second-order valence-corrected chi connectivity index (χ2v) is 9.02. The summed E-state index contributed by atoms with van der Waals surface area (Å²) in [5.41, 5.74) is 1.62. The van der Waals surface area contributed by atoms with Crippen LogP contribution >= 0.6 is 0 Å². The van der Waals surface area contributed by atoms with Gasteiger partial charge in [-0.25, -0.2) is 4.39 Å². The lowest BCUT2D eigenvalue weighted by Crippen LogP contribution is -2.52. The fraction of sp³-hybridized carbons (Fsp3) is 0.500. The molecule has 0 atom stereocenters. The van der Waals surface area contributed by atoms with Crippen molar-refractivity contribution in [2.24, 2.45) is 0 Å². The van der Waals surface area contributed by atoms with Crippen molar-refractivity contribution in [3.05, 3.63) is 59.4 Å². The molecule has 0 aromatic heterocycles. The van der Waals surface area contributed by atoms with Crippen LogP contribution in [0.15, 0.2) is 42.5 Å². The highest BCUT2D eigenvalue weighted by Crippen LogP contribution is 2.38. The van der Waals surface area contributed by atoms with Crippen molar-refractivity contribution >= 4 is 5.91 Å². The van der Waals surface area contributed by atoms with Gasteiger partial charge in [0.05, 0.1) is 18.8 Å². The van der Waals surface area contributed by atoms with E-state index in [0.29, 0.717) is 0 Å². The summed E-state index contributed by atoms with van der Waals surface area (Å²) < 4.78 is 25.5. The average Bonchev–Trinajstić information content (AvgIpc) is 3.29. The van der Waals surface area contributed by atoms with Crippen LogP contribution in [0.1, 0.15) is 56.6 Å². The van der Waals surface area contributed by atoms with Crippen molar-refractivity contribution in [2.45, 2.75) is 63.6 Å². The minimum Gasteiger partial charge on any atom is -0.493 e. The Morgan fingerprint density at radius 1 is 1.12 bits per heavy atom. The lowest BCUT2D eigenvalue weighted by atomic mass is 9.80. The normalized spacial score (nSPS) is 19.0. The molecule has 172 valence electrons. The monoisotopic (exact) mass is 440 g/mol. The summed E-state index contributed by atoms with van der Waals surface area (Å²) in [6, 6.07) is 12.6. The van der Waals surface area contributed by atoms with E-state index < -0.39 is 5.54 Å². The van der Waals surface area contributed by atoms with Gasteiger partial charge in [-0.15, -0.1) is 0 Å². The van der Waals surface area contributed by atoms with E-state index in [1.807, 2.05) is 12.1 Å². The maximum Gasteiger partial charge on any atom is 0.217 e. The SMILES string of the molecule is COc1cccc(CN2CCC(NC(C)=O)(c3ccc(F)cc3)CC2)c1OC1CCCC1. The Bertz CT molecular complexity index is 917. The summed E-state index contributed by atoms with van der Waals surface area (Å²) in [6.07, 6.45) is 6.42. The number of piperidine rings is 1. The van der Waals surface area contributed by atoms with Crippen molar-refractivity contribution in [3.63, 3.8) is 0 Å².